The molecule has 100 valence electrons. The largest absolute Gasteiger partial charge is 0.383 e. The van der Waals surface area contributed by atoms with Crippen molar-refractivity contribution < 1.29 is 13.9 Å². The summed E-state index contributed by atoms with van der Waals surface area (Å²) in [6.45, 7) is 2.49. The van der Waals surface area contributed by atoms with Gasteiger partial charge >= 0.3 is 0 Å². The molecule has 1 unspecified atom stereocenters. The Hall–Kier alpha value is -1.46. The number of carbonyl (C=O) groups excluding carboxylic acids is 1. The molecule has 0 aromatic heterocycles. The molecule has 0 aliphatic rings. The summed E-state index contributed by atoms with van der Waals surface area (Å²) >= 11 is 0. The van der Waals surface area contributed by atoms with Gasteiger partial charge in [0.2, 0.25) is 0 Å². The summed E-state index contributed by atoms with van der Waals surface area (Å²) in [6.07, 6.45) is 0.619. The summed E-state index contributed by atoms with van der Waals surface area (Å²) in [4.78, 5) is 11.9. The highest BCUT2D eigenvalue weighted by molar-refractivity contribution is 5.94. The molecular formula is C13H19FN2O2. The van der Waals surface area contributed by atoms with Crippen molar-refractivity contribution in [2.24, 2.45) is 5.73 Å². The van der Waals surface area contributed by atoms with E-state index in [1.807, 2.05) is 0 Å². The second-order valence-electron chi connectivity index (χ2n) is 4.17. The minimum atomic E-state index is -0.384. The van der Waals surface area contributed by atoms with E-state index in [9.17, 15) is 9.18 Å². The number of benzene rings is 1. The van der Waals surface area contributed by atoms with E-state index in [2.05, 4.69) is 5.32 Å². The summed E-state index contributed by atoms with van der Waals surface area (Å²) in [5.41, 5.74) is 6.27. The van der Waals surface area contributed by atoms with Gasteiger partial charge in [0.25, 0.3) is 5.91 Å². The number of hydrogen-bond donors (Lipinski definition) is 2. The van der Waals surface area contributed by atoms with Crippen molar-refractivity contribution in [3.05, 3.63) is 35.1 Å². The second kappa shape index (κ2) is 7.08. The molecule has 18 heavy (non-hydrogen) atoms. The fraction of sp³-hybridized carbons (Fsp3) is 0.462. The van der Waals surface area contributed by atoms with Crippen LogP contribution in [0.2, 0.25) is 0 Å². The van der Waals surface area contributed by atoms with Gasteiger partial charge in [0, 0.05) is 12.7 Å². The molecule has 0 spiro atoms. The standard InChI is InChI=1S/C13H19FN2O2/c1-9-3-4-10(7-12(9)14)13(17)16-11(5-6-15)8-18-2/h3-4,7,11H,5-6,8,15H2,1-2H3,(H,16,17). The van der Waals surface area contributed by atoms with Crippen molar-refractivity contribution in [3.63, 3.8) is 0 Å². The number of amides is 1. The van der Waals surface area contributed by atoms with Gasteiger partial charge in [-0.1, -0.05) is 6.07 Å². The summed E-state index contributed by atoms with van der Waals surface area (Å²) in [5, 5.41) is 2.77. The maximum absolute atomic E-state index is 13.3. The van der Waals surface area contributed by atoms with Crippen molar-refractivity contribution in [2.45, 2.75) is 19.4 Å². The Morgan fingerprint density at radius 1 is 1.56 bits per heavy atom. The molecule has 5 heteroatoms. The lowest BCUT2D eigenvalue weighted by atomic mass is 10.1. The van der Waals surface area contributed by atoms with Crippen LogP contribution in [0.25, 0.3) is 0 Å². The van der Waals surface area contributed by atoms with Gasteiger partial charge in [-0.2, -0.15) is 0 Å². The first-order chi connectivity index (χ1) is 8.58. The molecule has 0 saturated heterocycles. The average Bonchev–Trinajstić information content (AvgIpc) is 2.33. The molecule has 4 nitrogen and oxygen atoms in total. The quantitative estimate of drug-likeness (QED) is 0.802. The zero-order valence-electron chi connectivity index (χ0n) is 10.7. The fourth-order valence-electron chi connectivity index (χ4n) is 1.60. The van der Waals surface area contributed by atoms with Crippen molar-refractivity contribution in [2.75, 3.05) is 20.3 Å². The summed E-state index contributed by atoms with van der Waals surface area (Å²) in [6, 6.07) is 4.26. The number of hydrogen-bond acceptors (Lipinski definition) is 3. The van der Waals surface area contributed by atoms with E-state index in [1.54, 1.807) is 26.2 Å². The van der Waals surface area contributed by atoms with Crippen LogP contribution in [0.5, 0.6) is 0 Å². The third-order valence-corrected chi connectivity index (χ3v) is 2.65. The van der Waals surface area contributed by atoms with Crippen molar-refractivity contribution >= 4 is 5.91 Å². The molecule has 0 radical (unpaired) electrons. The molecule has 0 aliphatic carbocycles. The average molecular weight is 254 g/mol. The van der Waals surface area contributed by atoms with E-state index in [0.717, 1.165) is 0 Å². The second-order valence-corrected chi connectivity index (χ2v) is 4.17. The van der Waals surface area contributed by atoms with E-state index in [1.165, 1.54) is 6.07 Å². The molecule has 1 atom stereocenters. The number of carbonyl (C=O) groups is 1. The summed E-state index contributed by atoms with van der Waals surface area (Å²) in [5.74, 6) is -0.700. The fourth-order valence-corrected chi connectivity index (χ4v) is 1.60. The van der Waals surface area contributed by atoms with Gasteiger partial charge in [-0.05, 0) is 37.6 Å². The smallest absolute Gasteiger partial charge is 0.251 e. The topological polar surface area (TPSA) is 64.3 Å². The molecule has 0 saturated carbocycles. The van der Waals surface area contributed by atoms with Crippen LogP contribution < -0.4 is 11.1 Å². The van der Waals surface area contributed by atoms with E-state index < -0.39 is 0 Å². The Morgan fingerprint density at radius 2 is 2.28 bits per heavy atom. The zero-order valence-corrected chi connectivity index (χ0v) is 10.7. The normalized spacial score (nSPS) is 12.2. The highest BCUT2D eigenvalue weighted by Crippen LogP contribution is 2.09. The number of nitrogens with two attached hydrogens (primary N) is 1. The summed E-state index contributed by atoms with van der Waals surface area (Å²) in [7, 11) is 1.56. The molecule has 1 rings (SSSR count). The zero-order chi connectivity index (χ0) is 13.5. The molecule has 3 N–H and O–H groups in total. The van der Waals surface area contributed by atoms with Crippen LogP contribution in [-0.2, 0) is 4.74 Å². The van der Waals surface area contributed by atoms with Crippen LogP contribution in [-0.4, -0.2) is 32.2 Å². The van der Waals surface area contributed by atoms with Gasteiger partial charge in [0.15, 0.2) is 0 Å². The van der Waals surface area contributed by atoms with Gasteiger partial charge < -0.3 is 15.8 Å². The molecule has 1 amide bonds. The number of ether oxygens (including phenoxy) is 1. The molecule has 1 aromatic carbocycles. The highest BCUT2D eigenvalue weighted by Gasteiger charge is 2.14. The molecular weight excluding hydrogens is 235 g/mol. The lowest BCUT2D eigenvalue weighted by molar-refractivity contribution is 0.0893. The molecule has 0 fully saturated rings. The lowest BCUT2D eigenvalue weighted by Crippen LogP contribution is -2.39. The van der Waals surface area contributed by atoms with Crippen LogP contribution >= 0.6 is 0 Å². The van der Waals surface area contributed by atoms with E-state index in [-0.39, 0.29) is 17.8 Å². The van der Waals surface area contributed by atoms with Gasteiger partial charge in [0.1, 0.15) is 5.82 Å². The first-order valence-electron chi connectivity index (χ1n) is 5.84. The number of nitrogens with one attached hydrogen (secondary N) is 1. The predicted molar refractivity (Wildman–Crippen MR) is 67.9 cm³/mol. The Labute approximate surface area is 106 Å². The third kappa shape index (κ3) is 4.09. The van der Waals surface area contributed by atoms with Crippen LogP contribution in [0.4, 0.5) is 4.39 Å². The van der Waals surface area contributed by atoms with Crippen LogP contribution in [0, 0.1) is 12.7 Å². The van der Waals surface area contributed by atoms with Gasteiger partial charge in [0.05, 0.1) is 12.6 Å². The Morgan fingerprint density at radius 3 is 2.83 bits per heavy atom. The highest BCUT2D eigenvalue weighted by atomic mass is 19.1. The van der Waals surface area contributed by atoms with Crippen LogP contribution in [0.1, 0.15) is 22.3 Å². The van der Waals surface area contributed by atoms with Crippen molar-refractivity contribution in [1.29, 1.82) is 0 Å². The van der Waals surface area contributed by atoms with E-state index >= 15 is 0 Å². The van der Waals surface area contributed by atoms with Crippen molar-refractivity contribution in [1.82, 2.24) is 5.32 Å². The number of methoxy groups -OCH3 is 1. The van der Waals surface area contributed by atoms with E-state index in [4.69, 9.17) is 10.5 Å². The first kappa shape index (κ1) is 14.6. The molecule has 0 aliphatic heterocycles. The summed E-state index contributed by atoms with van der Waals surface area (Å²) < 4.78 is 18.3. The van der Waals surface area contributed by atoms with E-state index in [0.29, 0.717) is 30.7 Å². The van der Waals surface area contributed by atoms with Crippen LogP contribution in [0.15, 0.2) is 18.2 Å². The SMILES string of the molecule is COCC(CCN)NC(=O)c1ccc(C)c(F)c1. The predicted octanol–water partition coefficient (Wildman–Crippen LogP) is 1.23. The molecule has 0 heterocycles. The van der Waals surface area contributed by atoms with Crippen molar-refractivity contribution in [3.8, 4) is 0 Å². The minimum Gasteiger partial charge on any atom is -0.383 e. The van der Waals surface area contributed by atoms with Gasteiger partial charge in [-0.3, -0.25) is 4.79 Å². The number of aryl methyl sites for hydroxylation is 1. The molecule has 0 bridgehead atoms. The third-order valence-electron chi connectivity index (χ3n) is 2.65. The van der Waals surface area contributed by atoms with Crippen LogP contribution in [0.3, 0.4) is 0 Å². The Kier molecular flexibility index (Phi) is 5.74. The number of rotatable bonds is 6. The number of halogens is 1. The molecule has 1 aromatic rings. The Bertz CT molecular complexity index is 404. The van der Waals surface area contributed by atoms with Gasteiger partial charge in [-0.25, -0.2) is 4.39 Å². The maximum Gasteiger partial charge on any atom is 0.251 e. The lowest BCUT2D eigenvalue weighted by Gasteiger charge is -2.17. The Balaban J connectivity index is 2.70. The first-order valence-corrected chi connectivity index (χ1v) is 5.84. The monoisotopic (exact) mass is 254 g/mol. The maximum atomic E-state index is 13.3. The van der Waals surface area contributed by atoms with Gasteiger partial charge in [-0.15, -0.1) is 0 Å². The minimum absolute atomic E-state index is 0.156.